The third-order valence-corrected chi connectivity index (χ3v) is 4.86. The fourth-order valence-corrected chi connectivity index (χ4v) is 3.41. The van der Waals surface area contributed by atoms with Gasteiger partial charge in [0.05, 0.1) is 23.2 Å². The van der Waals surface area contributed by atoms with E-state index in [1.165, 1.54) is 4.68 Å². The van der Waals surface area contributed by atoms with Crippen LogP contribution >= 0.6 is 11.6 Å². The minimum atomic E-state index is -1.04. The van der Waals surface area contributed by atoms with E-state index in [1.54, 1.807) is 30.3 Å². The highest BCUT2D eigenvalue weighted by Crippen LogP contribution is 2.23. The first-order valence-electron chi connectivity index (χ1n) is 8.93. The van der Waals surface area contributed by atoms with Gasteiger partial charge in [-0.05, 0) is 37.1 Å². The highest BCUT2D eigenvalue weighted by Gasteiger charge is 2.22. The normalized spacial score (nSPS) is 11.8. The van der Waals surface area contributed by atoms with Gasteiger partial charge < -0.3 is 10.4 Å². The average molecular weight is 414 g/mol. The first-order valence-corrected chi connectivity index (χ1v) is 9.31. The molecule has 1 heterocycles. The third-order valence-electron chi connectivity index (χ3n) is 4.54. The summed E-state index contributed by atoms with van der Waals surface area (Å²) in [5.74, 6) is -1.63. The number of nitrogens with zero attached hydrogens (tertiary/aromatic N) is 1. The molecular formula is C21H20ClN3O4. The van der Waals surface area contributed by atoms with Crippen LogP contribution in [0.3, 0.4) is 0 Å². The van der Waals surface area contributed by atoms with E-state index >= 15 is 0 Å². The number of rotatable bonds is 6. The summed E-state index contributed by atoms with van der Waals surface area (Å²) in [5, 5.41) is 15.1. The van der Waals surface area contributed by atoms with Crippen LogP contribution in [0.25, 0.3) is 5.69 Å². The SMILES string of the molecule is Cc1ccc(C(CC(=O)O)NC(=O)c2cc(=O)n(-c3ccccc3Cl)[nH]2)c(C)c1. The van der Waals surface area contributed by atoms with E-state index in [-0.39, 0.29) is 12.1 Å². The summed E-state index contributed by atoms with van der Waals surface area (Å²) >= 11 is 6.13. The van der Waals surface area contributed by atoms with Crippen molar-refractivity contribution in [2.75, 3.05) is 0 Å². The number of hydrogen-bond acceptors (Lipinski definition) is 3. The Morgan fingerprint density at radius 2 is 1.90 bits per heavy atom. The van der Waals surface area contributed by atoms with Gasteiger partial charge >= 0.3 is 5.97 Å². The minimum Gasteiger partial charge on any atom is -0.481 e. The molecule has 0 spiro atoms. The van der Waals surface area contributed by atoms with Gasteiger partial charge in [-0.15, -0.1) is 0 Å². The van der Waals surface area contributed by atoms with Crippen LogP contribution in [0.1, 0.15) is 39.6 Å². The number of aliphatic carboxylic acids is 1. The molecule has 0 fully saturated rings. The Balaban J connectivity index is 1.91. The van der Waals surface area contributed by atoms with Gasteiger partial charge in [-0.25, -0.2) is 4.68 Å². The van der Waals surface area contributed by atoms with Crippen LogP contribution in [-0.2, 0) is 4.79 Å². The maximum absolute atomic E-state index is 12.7. The second kappa shape index (κ2) is 8.36. The Bertz CT molecular complexity index is 1130. The van der Waals surface area contributed by atoms with Crippen molar-refractivity contribution in [3.05, 3.63) is 86.3 Å². The molecular weight excluding hydrogens is 394 g/mol. The lowest BCUT2D eigenvalue weighted by molar-refractivity contribution is -0.137. The Morgan fingerprint density at radius 3 is 2.55 bits per heavy atom. The van der Waals surface area contributed by atoms with Gasteiger partial charge in [0.1, 0.15) is 5.69 Å². The number of para-hydroxylation sites is 1. The van der Waals surface area contributed by atoms with Crippen molar-refractivity contribution >= 4 is 23.5 Å². The zero-order chi connectivity index (χ0) is 21.1. The molecule has 1 atom stereocenters. The molecule has 0 radical (unpaired) electrons. The molecule has 3 aromatic rings. The molecule has 7 nitrogen and oxygen atoms in total. The standard InChI is InChI=1S/C21H20ClN3O4/c1-12-7-8-14(13(2)9-12)16(11-20(27)28)23-21(29)17-10-19(26)25(24-17)18-6-4-3-5-15(18)22/h3-10,16,24H,11H2,1-2H3,(H,23,29)(H,27,28). The molecule has 3 N–H and O–H groups in total. The maximum atomic E-state index is 12.7. The van der Waals surface area contributed by atoms with Crippen molar-refractivity contribution in [2.45, 2.75) is 26.3 Å². The van der Waals surface area contributed by atoms with Crippen molar-refractivity contribution in [3.63, 3.8) is 0 Å². The van der Waals surface area contributed by atoms with Gasteiger partial charge in [-0.1, -0.05) is 47.5 Å². The number of benzene rings is 2. The summed E-state index contributed by atoms with van der Waals surface area (Å²) in [7, 11) is 0. The zero-order valence-corrected chi connectivity index (χ0v) is 16.7. The molecule has 1 aromatic heterocycles. The van der Waals surface area contributed by atoms with E-state index in [4.69, 9.17) is 11.6 Å². The second-order valence-electron chi connectivity index (χ2n) is 6.78. The Hall–Kier alpha value is -3.32. The molecule has 1 amide bonds. The number of aromatic amines is 1. The van der Waals surface area contributed by atoms with Crippen LogP contribution in [0.15, 0.2) is 53.3 Å². The highest BCUT2D eigenvalue weighted by atomic mass is 35.5. The molecule has 3 rings (SSSR count). The number of carboxylic acid groups (broad SMARTS) is 1. The molecule has 29 heavy (non-hydrogen) atoms. The molecule has 0 aliphatic carbocycles. The Labute approximate surface area is 171 Å². The molecule has 1 unspecified atom stereocenters. The smallest absolute Gasteiger partial charge is 0.305 e. The quantitative estimate of drug-likeness (QED) is 0.576. The van der Waals surface area contributed by atoms with Crippen LogP contribution in [-0.4, -0.2) is 26.8 Å². The van der Waals surface area contributed by atoms with Gasteiger partial charge in [0.15, 0.2) is 0 Å². The van der Waals surface area contributed by atoms with Crippen LogP contribution in [0.2, 0.25) is 5.02 Å². The number of carboxylic acids is 1. The predicted octanol–water partition coefficient (Wildman–Crippen LogP) is 3.38. The topological polar surface area (TPSA) is 104 Å². The summed E-state index contributed by atoms with van der Waals surface area (Å²) in [4.78, 5) is 36.4. The summed E-state index contributed by atoms with van der Waals surface area (Å²) in [6.45, 7) is 3.79. The van der Waals surface area contributed by atoms with Crippen LogP contribution < -0.4 is 10.9 Å². The molecule has 0 aliphatic rings. The monoisotopic (exact) mass is 413 g/mol. The van der Waals surface area contributed by atoms with Gasteiger partial charge in [-0.2, -0.15) is 0 Å². The van der Waals surface area contributed by atoms with Gasteiger partial charge in [0, 0.05) is 6.07 Å². The molecule has 0 saturated heterocycles. The fourth-order valence-electron chi connectivity index (χ4n) is 3.19. The number of aryl methyl sites for hydroxylation is 2. The van der Waals surface area contributed by atoms with Crippen molar-refractivity contribution < 1.29 is 14.7 Å². The summed E-state index contributed by atoms with van der Waals surface area (Å²) in [6.07, 6.45) is -0.287. The first-order chi connectivity index (χ1) is 13.8. The van der Waals surface area contributed by atoms with E-state index < -0.39 is 23.5 Å². The highest BCUT2D eigenvalue weighted by molar-refractivity contribution is 6.32. The van der Waals surface area contributed by atoms with Crippen molar-refractivity contribution in [3.8, 4) is 5.69 Å². The van der Waals surface area contributed by atoms with Crippen molar-refractivity contribution in [1.29, 1.82) is 0 Å². The lowest BCUT2D eigenvalue weighted by atomic mass is 9.97. The summed E-state index contributed by atoms with van der Waals surface area (Å²) in [5.41, 5.74) is 2.58. The van der Waals surface area contributed by atoms with E-state index in [9.17, 15) is 19.5 Å². The average Bonchev–Trinajstić information content (AvgIpc) is 3.03. The number of amides is 1. The number of aromatic nitrogens is 2. The number of halogens is 1. The molecule has 0 saturated carbocycles. The van der Waals surface area contributed by atoms with Gasteiger partial charge in [0.25, 0.3) is 11.5 Å². The van der Waals surface area contributed by atoms with E-state index in [1.807, 2.05) is 26.0 Å². The van der Waals surface area contributed by atoms with Crippen molar-refractivity contribution in [1.82, 2.24) is 15.1 Å². The zero-order valence-electron chi connectivity index (χ0n) is 15.9. The van der Waals surface area contributed by atoms with E-state index in [2.05, 4.69) is 10.4 Å². The third kappa shape index (κ3) is 4.57. The van der Waals surface area contributed by atoms with E-state index in [0.29, 0.717) is 16.3 Å². The number of carbonyl (C=O) groups is 2. The van der Waals surface area contributed by atoms with Gasteiger partial charge in [-0.3, -0.25) is 19.5 Å². The molecule has 150 valence electrons. The van der Waals surface area contributed by atoms with Crippen LogP contribution in [0, 0.1) is 13.8 Å². The maximum Gasteiger partial charge on any atom is 0.305 e. The molecule has 8 heteroatoms. The Morgan fingerprint density at radius 1 is 1.17 bits per heavy atom. The summed E-state index contributed by atoms with van der Waals surface area (Å²) in [6, 6.07) is 12.7. The minimum absolute atomic E-state index is 0.00933. The van der Waals surface area contributed by atoms with Gasteiger partial charge in [0.2, 0.25) is 0 Å². The largest absolute Gasteiger partial charge is 0.481 e. The molecule has 2 aromatic carbocycles. The van der Waals surface area contributed by atoms with E-state index in [0.717, 1.165) is 17.2 Å². The van der Waals surface area contributed by atoms with Crippen LogP contribution in [0.4, 0.5) is 0 Å². The predicted molar refractivity (Wildman–Crippen MR) is 110 cm³/mol. The lowest BCUT2D eigenvalue weighted by Gasteiger charge is -2.19. The van der Waals surface area contributed by atoms with Crippen molar-refractivity contribution in [2.24, 2.45) is 0 Å². The number of hydrogen-bond donors (Lipinski definition) is 3. The number of H-pyrrole nitrogens is 1. The van der Waals surface area contributed by atoms with Crippen LogP contribution in [0.5, 0.6) is 0 Å². The molecule has 0 bridgehead atoms. The second-order valence-corrected chi connectivity index (χ2v) is 7.19. The lowest BCUT2D eigenvalue weighted by Crippen LogP contribution is -2.31. The summed E-state index contributed by atoms with van der Waals surface area (Å²) < 4.78 is 1.17. The first kappa shape index (κ1) is 20.4. The fraction of sp³-hybridized carbons (Fsp3) is 0.190. The molecule has 0 aliphatic heterocycles. The number of nitrogens with one attached hydrogen (secondary N) is 2. The Kier molecular flexibility index (Phi) is 5.89. The number of carbonyl (C=O) groups excluding carboxylic acids is 1.